The van der Waals surface area contributed by atoms with Gasteiger partial charge < -0.3 is 0 Å². The summed E-state index contributed by atoms with van der Waals surface area (Å²) in [6, 6.07) is 0.0877. The van der Waals surface area contributed by atoms with Crippen molar-refractivity contribution in [2.75, 3.05) is 6.54 Å². The summed E-state index contributed by atoms with van der Waals surface area (Å²) in [7, 11) is -3.37. The Kier molecular flexibility index (Phi) is 4.30. The highest BCUT2D eigenvalue weighted by molar-refractivity contribution is 7.93. The number of sulfonamides is 1. The fraction of sp³-hybridized carbons (Fsp3) is 0.538. The molecule has 0 N–H and O–H groups in total. The van der Waals surface area contributed by atoms with Gasteiger partial charge in [0.2, 0.25) is 10.0 Å². The molecule has 3 nitrogen and oxygen atoms in total. The molecule has 1 aliphatic carbocycles. The average molecular weight is 288 g/mol. The van der Waals surface area contributed by atoms with E-state index in [0.717, 1.165) is 19.3 Å². The number of piperidine rings is 1. The van der Waals surface area contributed by atoms with Gasteiger partial charge in [-0.2, -0.15) is 4.31 Å². The smallest absolute Gasteiger partial charge is 0.207 e. The molecule has 0 radical (unpaired) electrons. The van der Waals surface area contributed by atoms with Crippen molar-refractivity contribution in [2.24, 2.45) is 0 Å². The zero-order valence-corrected chi connectivity index (χ0v) is 12.0. The van der Waals surface area contributed by atoms with Crippen molar-refractivity contribution < 1.29 is 8.42 Å². The predicted molar refractivity (Wildman–Crippen MR) is 74.7 cm³/mol. The topological polar surface area (TPSA) is 37.4 Å². The van der Waals surface area contributed by atoms with E-state index < -0.39 is 10.0 Å². The maximum Gasteiger partial charge on any atom is 0.243 e. The molecule has 0 aromatic carbocycles. The van der Waals surface area contributed by atoms with Gasteiger partial charge in [0.25, 0.3) is 0 Å². The number of halogens is 1. The minimum Gasteiger partial charge on any atom is -0.207 e. The van der Waals surface area contributed by atoms with Crippen LogP contribution in [0.2, 0.25) is 0 Å². The van der Waals surface area contributed by atoms with E-state index in [1.54, 1.807) is 28.6 Å². The quantitative estimate of drug-likeness (QED) is 0.782. The highest BCUT2D eigenvalue weighted by atomic mass is 35.5. The third-order valence-electron chi connectivity index (χ3n) is 3.39. The molecular weight excluding hydrogens is 270 g/mol. The molecule has 0 saturated carbocycles. The number of allylic oxidation sites excluding steroid dienone is 5. The van der Waals surface area contributed by atoms with Crippen LogP contribution in [0.4, 0.5) is 0 Å². The van der Waals surface area contributed by atoms with E-state index in [2.05, 4.69) is 0 Å². The Bertz CT molecular complexity index is 505. The first-order chi connectivity index (χ1) is 8.51. The van der Waals surface area contributed by atoms with E-state index in [-0.39, 0.29) is 6.04 Å². The van der Waals surface area contributed by atoms with E-state index in [9.17, 15) is 8.42 Å². The van der Waals surface area contributed by atoms with Crippen molar-refractivity contribution in [1.82, 2.24) is 4.31 Å². The Balaban J connectivity index is 2.26. The fourth-order valence-corrected chi connectivity index (χ4v) is 4.26. The first kappa shape index (κ1) is 13.8. The summed E-state index contributed by atoms with van der Waals surface area (Å²) in [6.45, 7) is 2.60. The Labute approximate surface area is 114 Å². The van der Waals surface area contributed by atoms with E-state index in [1.165, 1.54) is 0 Å². The van der Waals surface area contributed by atoms with Crippen molar-refractivity contribution in [3.63, 3.8) is 0 Å². The zero-order chi connectivity index (χ0) is 13.2. The van der Waals surface area contributed by atoms with Gasteiger partial charge in [0, 0.05) is 17.6 Å². The van der Waals surface area contributed by atoms with Crippen LogP contribution in [0, 0.1) is 0 Å². The molecule has 18 heavy (non-hydrogen) atoms. The molecule has 2 aliphatic rings. The van der Waals surface area contributed by atoms with E-state index in [0.29, 0.717) is 22.9 Å². The molecule has 1 heterocycles. The lowest BCUT2D eigenvalue weighted by molar-refractivity contribution is 0.271. The van der Waals surface area contributed by atoms with Crippen molar-refractivity contribution in [2.45, 2.75) is 38.6 Å². The van der Waals surface area contributed by atoms with Gasteiger partial charge in [-0.25, -0.2) is 8.42 Å². The lowest BCUT2D eigenvalue weighted by Crippen LogP contribution is -2.42. The van der Waals surface area contributed by atoms with E-state index in [1.807, 2.05) is 6.92 Å². The van der Waals surface area contributed by atoms with Crippen molar-refractivity contribution in [1.29, 1.82) is 0 Å². The summed E-state index contributed by atoms with van der Waals surface area (Å²) in [5.74, 6) is 0. The third-order valence-corrected chi connectivity index (χ3v) is 5.73. The Hall–Kier alpha value is -0.580. The van der Waals surface area contributed by atoms with Crippen LogP contribution in [-0.2, 0) is 10.0 Å². The molecule has 0 aromatic rings. The molecule has 0 bridgehead atoms. The average Bonchev–Trinajstić information content (AvgIpc) is 2.54. The molecule has 1 unspecified atom stereocenters. The van der Waals surface area contributed by atoms with Crippen LogP contribution in [0.1, 0.15) is 32.6 Å². The summed E-state index contributed by atoms with van der Waals surface area (Å²) in [4.78, 5) is 0.364. The van der Waals surface area contributed by atoms with Gasteiger partial charge in [-0.15, -0.1) is 0 Å². The summed E-state index contributed by atoms with van der Waals surface area (Å²) < 4.78 is 26.7. The van der Waals surface area contributed by atoms with Gasteiger partial charge in [0.05, 0.1) is 4.91 Å². The van der Waals surface area contributed by atoms with Crippen LogP contribution in [0.15, 0.2) is 34.2 Å². The monoisotopic (exact) mass is 287 g/mol. The van der Waals surface area contributed by atoms with Crippen LogP contribution in [-0.4, -0.2) is 25.3 Å². The minimum atomic E-state index is -3.37. The molecule has 0 amide bonds. The largest absolute Gasteiger partial charge is 0.243 e. The van der Waals surface area contributed by atoms with Gasteiger partial charge in [-0.1, -0.05) is 30.2 Å². The Morgan fingerprint density at radius 1 is 1.28 bits per heavy atom. The zero-order valence-electron chi connectivity index (χ0n) is 10.5. The van der Waals surface area contributed by atoms with Crippen LogP contribution in [0.25, 0.3) is 0 Å². The number of rotatable bonds is 2. The first-order valence-electron chi connectivity index (χ1n) is 6.27. The third kappa shape index (κ3) is 2.87. The van der Waals surface area contributed by atoms with Gasteiger partial charge in [-0.3, -0.25) is 0 Å². The molecule has 2 rings (SSSR count). The van der Waals surface area contributed by atoms with E-state index >= 15 is 0 Å². The normalized spacial score (nSPS) is 26.4. The molecule has 100 valence electrons. The first-order valence-corrected chi connectivity index (χ1v) is 8.09. The molecule has 1 aliphatic heterocycles. The highest BCUT2D eigenvalue weighted by Crippen LogP contribution is 2.26. The molecule has 0 spiro atoms. The second kappa shape index (κ2) is 5.59. The molecule has 5 heteroatoms. The molecular formula is C13H18ClNO2S. The minimum absolute atomic E-state index is 0.0877. The molecule has 1 fully saturated rings. The molecule has 1 atom stereocenters. The Morgan fingerprint density at radius 2 is 2.06 bits per heavy atom. The summed E-state index contributed by atoms with van der Waals surface area (Å²) in [5, 5.41) is 0.586. The lowest BCUT2D eigenvalue weighted by atomic mass is 10.1. The van der Waals surface area contributed by atoms with Crippen LogP contribution in [0.3, 0.4) is 0 Å². The van der Waals surface area contributed by atoms with Gasteiger partial charge in [0.1, 0.15) is 0 Å². The summed E-state index contributed by atoms with van der Waals surface area (Å²) in [6.07, 6.45) is 10.3. The Morgan fingerprint density at radius 3 is 2.78 bits per heavy atom. The van der Waals surface area contributed by atoms with Crippen molar-refractivity contribution in [3.05, 3.63) is 34.2 Å². The number of hydrogen-bond acceptors (Lipinski definition) is 2. The maximum absolute atomic E-state index is 12.6. The second-order valence-corrected chi connectivity index (χ2v) is 7.05. The highest BCUT2D eigenvalue weighted by Gasteiger charge is 2.31. The predicted octanol–water partition coefficient (Wildman–Crippen LogP) is 3.16. The van der Waals surface area contributed by atoms with Gasteiger partial charge >= 0.3 is 0 Å². The van der Waals surface area contributed by atoms with Crippen LogP contribution < -0.4 is 0 Å². The van der Waals surface area contributed by atoms with Crippen LogP contribution in [0.5, 0.6) is 0 Å². The maximum atomic E-state index is 12.6. The van der Waals surface area contributed by atoms with Crippen molar-refractivity contribution >= 4 is 21.6 Å². The standard InChI is InChI=1S/C13H18ClNO2S/c1-11-5-2-3-10-15(11)18(16,17)13-7-4-6-12(14)8-9-13/h6-9,11H,2-5,10H2,1H3. The van der Waals surface area contributed by atoms with Crippen molar-refractivity contribution in [3.8, 4) is 0 Å². The second-order valence-electron chi connectivity index (χ2n) is 4.73. The molecule has 1 saturated heterocycles. The van der Waals surface area contributed by atoms with E-state index in [4.69, 9.17) is 11.6 Å². The molecule has 0 aromatic heterocycles. The summed E-state index contributed by atoms with van der Waals surface area (Å²) >= 11 is 5.88. The number of hydrogen-bond donors (Lipinski definition) is 0. The van der Waals surface area contributed by atoms with Gasteiger partial charge in [-0.05, 0) is 38.3 Å². The lowest BCUT2D eigenvalue weighted by Gasteiger charge is -2.32. The SMILES string of the molecule is CC1CCCCN1S(=O)(=O)C1=CCC=C(Cl)C=C1. The van der Waals surface area contributed by atoms with Crippen LogP contribution >= 0.6 is 11.6 Å². The van der Waals surface area contributed by atoms with Gasteiger partial charge in [0.15, 0.2) is 0 Å². The number of nitrogens with zero attached hydrogens (tertiary/aromatic N) is 1. The summed E-state index contributed by atoms with van der Waals surface area (Å²) in [5.41, 5.74) is 0. The fourth-order valence-electron chi connectivity index (χ4n) is 2.34.